The molecule has 1 saturated heterocycles. The highest BCUT2D eigenvalue weighted by molar-refractivity contribution is 5.89. The lowest BCUT2D eigenvalue weighted by Crippen LogP contribution is -2.65. The third-order valence-corrected chi connectivity index (χ3v) is 8.63. The van der Waals surface area contributed by atoms with Crippen LogP contribution in [-0.2, 0) is 26.2 Å². The molecule has 0 amide bonds. The van der Waals surface area contributed by atoms with Crippen molar-refractivity contribution in [3.63, 3.8) is 0 Å². The van der Waals surface area contributed by atoms with E-state index >= 15 is 0 Å². The molecule has 48 heavy (non-hydrogen) atoms. The molecule has 2 N–H and O–H groups in total. The van der Waals surface area contributed by atoms with Gasteiger partial charge in [-0.1, -0.05) is 6.07 Å². The number of carbonyl (C=O) groups excluding carboxylic acids is 1. The van der Waals surface area contributed by atoms with Crippen LogP contribution >= 0.6 is 0 Å². The summed E-state index contributed by atoms with van der Waals surface area (Å²) in [5, 5.41) is 14.8. The lowest BCUT2D eigenvalue weighted by molar-refractivity contribution is -0.347. The molecule has 0 radical (unpaired) electrons. The van der Waals surface area contributed by atoms with Gasteiger partial charge < -0.3 is 24.6 Å². The minimum atomic E-state index is -6.60. The molecule has 0 unspecified atom stereocenters. The third-order valence-electron chi connectivity index (χ3n) is 8.63. The van der Waals surface area contributed by atoms with Crippen molar-refractivity contribution < 1.29 is 95.5 Å². The van der Waals surface area contributed by atoms with Gasteiger partial charge in [-0.05, 0) is 50.4 Å². The van der Waals surface area contributed by atoms with E-state index in [-0.39, 0.29) is 17.3 Å². The number of nitrogens with zero attached hydrogens (tertiary/aromatic N) is 1. The predicted octanol–water partition coefficient (Wildman–Crippen LogP) is 5.74. The maximum Gasteiger partial charge on any atom is 0.460 e. The fourth-order valence-corrected chi connectivity index (χ4v) is 6.30. The Morgan fingerprint density at radius 3 is 1.75 bits per heavy atom. The van der Waals surface area contributed by atoms with Crippen LogP contribution in [0.4, 0.5) is 61.5 Å². The SMILES string of the molecule is COc1ccc2c3c1O[C@H]1C(=O)CC[C@H]4[C@@H](C2)N(C)CC[C@]314.O=C(O)C(F)(F)C(F)(F)C(F)(F)F.O=C(O)C(F)(F)C(F)(F)C(F)(F)F. The number of halogens is 14. The summed E-state index contributed by atoms with van der Waals surface area (Å²) < 4.78 is 173. The van der Waals surface area contributed by atoms with Gasteiger partial charge in [0, 0.05) is 23.4 Å². The van der Waals surface area contributed by atoms with Crippen LogP contribution in [0, 0.1) is 5.92 Å². The molecule has 2 fully saturated rings. The number of ketones is 1. The number of methoxy groups -OCH3 is 1. The smallest absolute Gasteiger partial charge is 0.460 e. The average Bonchev–Trinajstić information content (AvgIpc) is 3.31. The molecule has 1 aromatic rings. The molecule has 2 heterocycles. The summed E-state index contributed by atoms with van der Waals surface area (Å²) in [6, 6.07) is 4.73. The van der Waals surface area contributed by atoms with Crippen molar-refractivity contribution in [2.75, 3.05) is 20.7 Å². The minimum absolute atomic E-state index is 0.0933. The largest absolute Gasteiger partial charge is 0.493 e. The number of likely N-dealkylation sites (N-methyl/N-ethyl adjacent to an activating group) is 1. The molecular weight excluding hydrogens is 704 g/mol. The number of hydrogen-bond donors (Lipinski definition) is 2. The summed E-state index contributed by atoms with van der Waals surface area (Å²) in [6.45, 7) is 1.05. The zero-order chi connectivity index (χ0) is 37.2. The summed E-state index contributed by atoms with van der Waals surface area (Å²) in [7, 11) is 3.91. The summed E-state index contributed by atoms with van der Waals surface area (Å²) in [6.07, 6.45) is -9.73. The molecule has 4 aliphatic rings. The van der Waals surface area contributed by atoms with Crippen LogP contribution in [0.15, 0.2) is 12.1 Å². The Morgan fingerprint density at radius 2 is 1.35 bits per heavy atom. The van der Waals surface area contributed by atoms with E-state index in [9.17, 15) is 75.8 Å². The van der Waals surface area contributed by atoms with E-state index < -0.39 is 48.0 Å². The maximum atomic E-state index is 12.6. The van der Waals surface area contributed by atoms with Gasteiger partial charge in [-0.25, -0.2) is 9.59 Å². The number of likely N-dealkylation sites (tertiary alicyclic amines) is 1. The Hall–Kier alpha value is -3.59. The molecule has 8 nitrogen and oxygen atoms in total. The molecule has 2 bridgehead atoms. The molecule has 4 atom stereocenters. The first-order chi connectivity index (χ1) is 21.6. The second-order valence-electron chi connectivity index (χ2n) is 11.2. The Bertz CT molecular complexity index is 1400. The molecule has 272 valence electrons. The highest BCUT2D eigenvalue weighted by Crippen LogP contribution is 2.63. The van der Waals surface area contributed by atoms with Crippen molar-refractivity contribution in [1.82, 2.24) is 4.90 Å². The number of aliphatic carboxylic acids is 2. The van der Waals surface area contributed by atoms with E-state index in [4.69, 9.17) is 19.7 Å². The number of rotatable bonds is 5. The summed E-state index contributed by atoms with van der Waals surface area (Å²) in [4.78, 5) is 33.9. The zero-order valence-electron chi connectivity index (χ0n) is 24.1. The van der Waals surface area contributed by atoms with Crippen LogP contribution in [-0.4, -0.2) is 102 Å². The van der Waals surface area contributed by atoms with Crippen molar-refractivity contribution in [1.29, 1.82) is 0 Å². The standard InChI is InChI=1S/C18H21NO3.2C4HF7O2/c1-19-8-7-18-11-4-5-13(20)17(18)22-16-14(21-2)6-3-10(15(16)18)9-12(11)19;2*5-2(6,1(12)13)3(7,8)4(9,10)11/h3,6,11-12,17H,4-5,7-9H2,1-2H3;2*(H,12,13)/t11-,12+,17-,18-;;/m0../s1. The van der Waals surface area contributed by atoms with Gasteiger partial charge in [0.15, 0.2) is 23.4 Å². The Kier molecular flexibility index (Phi) is 9.77. The van der Waals surface area contributed by atoms with E-state index in [0.29, 0.717) is 18.4 Å². The van der Waals surface area contributed by atoms with Crippen LogP contribution in [0.5, 0.6) is 11.5 Å². The highest BCUT2D eigenvalue weighted by Gasteiger charge is 2.77. The molecule has 0 aromatic heterocycles. The first kappa shape index (κ1) is 38.9. The van der Waals surface area contributed by atoms with E-state index in [1.807, 2.05) is 6.07 Å². The zero-order valence-corrected chi connectivity index (χ0v) is 24.1. The van der Waals surface area contributed by atoms with Crippen molar-refractivity contribution in [3.05, 3.63) is 23.3 Å². The molecule has 22 heteroatoms. The number of carboxylic acids is 2. The van der Waals surface area contributed by atoms with Gasteiger partial charge in [0.25, 0.3) is 0 Å². The first-order valence-corrected chi connectivity index (χ1v) is 13.3. The molecular formula is C26H23F14NO7. The Balaban J connectivity index is 0.000000211. The van der Waals surface area contributed by atoms with Crippen molar-refractivity contribution >= 4 is 17.7 Å². The molecule has 1 saturated carbocycles. The second kappa shape index (κ2) is 12.1. The normalized spacial score (nSPS) is 25.4. The maximum absolute atomic E-state index is 12.6. The minimum Gasteiger partial charge on any atom is -0.493 e. The Labute approximate surface area is 259 Å². The number of alkyl halides is 14. The number of carbonyl (C=O) groups is 3. The molecule has 1 spiro atoms. The number of piperidine rings is 1. The Morgan fingerprint density at radius 1 is 0.875 bits per heavy atom. The first-order valence-electron chi connectivity index (χ1n) is 13.3. The fraction of sp³-hybridized carbons (Fsp3) is 0.654. The lowest BCUT2D eigenvalue weighted by atomic mass is 9.52. The number of Topliss-reactive ketones (excluding diaryl/α,β-unsaturated/α-hetero) is 1. The predicted molar refractivity (Wildman–Crippen MR) is 129 cm³/mol. The van der Waals surface area contributed by atoms with Crippen LogP contribution < -0.4 is 9.47 Å². The van der Waals surface area contributed by atoms with Gasteiger partial charge in [0.2, 0.25) is 0 Å². The quantitative estimate of drug-likeness (QED) is 0.370. The van der Waals surface area contributed by atoms with Gasteiger partial charge in [-0.2, -0.15) is 61.5 Å². The van der Waals surface area contributed by atoms with Crippen molar-refractivity contribution in [2.24, 2.45) is 5.92 Å². The van der Waals surface area contributed by atoms with Crippen molar-refractivity contribution in [2.45, 2.75) is 79.3 Å². The van der Waals surface area contributed by atoms with E-state index in [1.54, 1.807) is 7.11 Å². The number of carboxylic acid groups (broad SMARTS) is 2. The molecule has 2 aliphatic carbocycles. The number of hydrogen-bond acceptors (Lipinski definition) is 6. The van der Waals surface area contributed by atoms with E-state index in [2.05, 4.69) is 18.0 Å². The van der Waals surface area contributed by atoms with Crippen molar-refractivity contribution in [3.8, 4) is 11.5 Å². The topological polar surface area (TPSA) is 113 Å². The summed E-state index contributed by atoms with van der Waals surface area (Å²) in [5.41, 5.74) is 2.57. The molecule has 5 rings (SSSR count). The van der Waals surface area contributed by atoms with Gasteiger partial charge in [0.1, 0.15) is 0 Å². The van der Waals surface area contributed by atoms with Gasteiger partial charge in [-0.3, -0.25) is 4.79 Å². The van der Waals surface area contributed by atoms with Crippen LogP contribution in [0.3, 0.4) is 0 Å². The summed E-state index contributed by atoms with van der Waals surface area (Å²) >= 11 is 0. The highest BCUT2D eigenvalue weighted by atomic mass is 19.4. The van der Waals surface area contributed by atoms with Gasteiger partial charge in [-0.15, -0.1) is 0 Å². The van der Waals surface area contributed by atoms with Gasteiger partial charge in [0.05, 0.1) is 7.11 Å². The molecule has 1 aromatic carbocycles. The lowest BCUT2D eigenvalue weighted by Gasteiger charge is -2.57. The van der Waals surface area contributed by atoms with Crippen LogP contribution in [0.25, 0.3) is 0 Å². The molecule has 2 aliphatic heterocycles. The monoisotopic (exact) mass is 727 g/mol. The van der Waals surface area contributed by atoms with E-state index in [0.717, 1.165) is 37.3 Å². The summed E-state index contributed by atoms with van der Waals surface area (Å²) in [5.74, 6) is -30.1. The average molecular weight is 727 g/mol. The van der Waals surface area contributed by atoms with E-state index in [1.165, 1.54) is 11.1 Å². The fourth-order valence-electron chi connectivity index (χ4n) is 6.30. The number of benzene rings is 1. The second-order valence-corrected chi connectivity index (χ2v) is 11.2. The van der Waals surface area contributed by atoms with Crippen LogP contribution in [0.2, 0.25) is 0 Å². The number of ether oxygens (including phenoxy) is 2. The van der Waals surface area contributed by atoms with Gasteiger partial charge >= 0.3 is 48.0 Å². The van der Waals surface area contributed by atoms with Crippen LogP contribution in [0.1, 0.15) is 30.4 Å². The third kappa shape index (κ3) is 5.76.